The average Bonchev–Trinajstić information content (AvgIpc) is 2.97. The van der Waals surface area contributed by atoms with Gasteiger partial charge < -0.3 is 19.8 Å². The van der Waals surface area contributed by atoms with Crippen LogP contribution in [0.2, 0.25) is 0 Å². The van der Waals surface area contributed by atoms with E-state index in [1.54, 1.807) is 17.8 Å². The molecule has 1 aromatic rings. The van der Waals surface area contributed by atoms with Crippen molar-refractivity contribution in [3.63, 3.8) is 0 Å². The summed E-state index contributed by atoms with van der Waals surface area (Å²) in [5, 5.41) is 0. The second-order valence-electron chi connectivity index (χ2n) is 6.96. The Kier molecular flexibility index (Phi) is 4.67. The summed E-state index contributed by atoms with van der Waals surface area (Å²) in [5.41, 5.74) is 5.92. The van der Waals surface area contributed by atoms with Gasteiger partial charge in [0.25, 0.3) is 0 Å². The lowest BCUT2D eigenvalue weighted by Crippen LogP contribution is -2.60. The largest absolute Gasteiger partial charge is 0.457 e. The van der Waals surface area contributed by atoms with Crippen LogP contribution >= 0.6 is 0 Å². The number of nitrogens with zero attached hydrogens (tertiary/aromatic N) is 1. The first kappa shape index (κ1) is 17.0. The Morgan fingerprint density at radius 2 is 2.00 bits per heavy atom. The van der Waals surface area contributed by atoms with Crippen molar-refractivity contribution in [1.82, 2.24) is 4.57 Å². The van der Waals surface area contributed by atoms with E-state index >= 15 is 0 Å². The van der Waals surface area contributed by atoms with Crippen molar-refractivity contribution in [3.05, 3.63) is 23.5 Å². The number of hydrogen-bond donors (Lipinski definition) is 1. The van der Waals surface area contributed by atoms with Gasteiger partial charge in [-0.05, 0) is 25.8 Å². The molecule has 0 saturated heterocycles. The maximum Gasteiger partial charge on any atom is 0.355 e. The summed E-state index contributed by atoms with van der Waals surface area (Å²) < 4.78 is 13.3. The van der Waals surface area contributed by atoms with E-state index in [9.17, 15) is 9.59 Å². The second-order valence-corrected chi connectivity index (χ2v) is 6.96. The normalized spacial score (nSPS) is 25.2. The van der Waals surface area contributed by atoms with E-state index in [0.717, 1.165) is 32.1 Å². The summed E-state index contributed by atoms with van der Waals surface area (Å²) in [6, 6.07) is 1.50. The lowest BCUT2D eigenvalue weighted by molar-refractivity contribution is -0.205. The molecule has 132 valence electrons. The number of hydrogen-bond acceptors (Lipinski definition) is 4. The quantitative estimate of drug-likeness (QED) is 0.838. The number of carbonyl (C=O) groups is 2. The number of ether oxygens (including phenoxy) is 2. The first-order valence-electron chi connectivity index (χ1n) is 8.76. The predicted molar refractivity (Wildman–Crippen MR) is 88.7 cm³/mol. The van der Waals surface area contributed by atoms with Gasteiger partial charge in [0.05, 0.1) is 11.7 Å². The maximum absolute atomic E-state index is 12.6. The molecule has 2 N–H and O–H groups in total. The lowest BCUT2D eigenvalue weighted by atomic mass is 9.56. The van der Waals surface area contributed by atoms with Crippen molar-refractivity contribution in [3.8, 4) is 0 Å². The molecule has 0 bridgehead atoms. The molecule has 2 fully saturated rings. The summed E-state index contributed by atoms with van der Waals surface area (Å²) in [7, 11) is 1.71. The zero-order valence-electron chi connectivity index (χ0n) is 14.4. The Bertz CT molecular complexity index is 631. The number of amides is 1. The maximum atomic E-state index is 12.6. The van der Waals surface area contributed by atoms with Crippen molar-refractivity contribution < 1.29 is 19.1 Å². The molecule has 1 amide bonds. The first-order valence-corrected chi connectivity index (χ1v) is 8.76. The van der Waals surface area contributed by atoms with E-state index < -0.39 is 11.9 Å². The summed E-state index contributed by atoms with van der Waals surface area (Å²) >= 11 is 0. The topological polar surface area (TPSA) is 83.6 Å². The molecule has 0 unspecified atom stereocenters. The van der Waals surface area contributed by atoms with Gasteiger partial charge in [-0.1, -0.05) is 19.3 Å². The first-order chi connectivity index (χ1) is 11.5. The van der Waals surface area contributed by atoms with Gasteiger partial charge in [0.15, 0.2) is 0 Å². The SMILES string of the molecule is CCO[C@@H]1C[C@@H](OC(=O)c2cc(C(N)=O)cn2C)C12CCCCC2. The van der Waals surface area contributed by atoms with E-state index in [2.05, 4.69) is 0 Å². The Labute approximate surface area is 142 Å². The number of rotatable bonds is 5. The minimum absolute atomic E-state index is 0.0262. The van der Waals surface area contributed by atoms with Gasteiger partial charge in [0, 0.05) is 31.7 Å². The fourth-order valence-corrected chi connectivity index (χ4v) is 4.26. The van der Waals surface area contributed by atoms with E-state index in [1.165, 1.54) is 12.5 Å². The molecule has 0 aromatic carbocycles. The van der Waals surface area contributed by atoms with E-state index in [0.29, 0.717) is 17.9 Å². The fourth-order valence-electron chi connectivity index (χ4n) is 4.26. The van der Waals surface area contributed by atoms with Gasteiger partial charge in [-0.25, -0.2) is 4.79 Å². The summed E-state index contributed by atoms with van der Waals surface area (Å²) in [5.74, 6) is -0.941. The molecule has 0 aliphatic heterocycles. The number of carbonyl (C=O) groups excluding carboxylic acids is 2. The highest BCUT2D eigenvalue weighted by molar-refractivity contribution is 5.96. The van der Waals surface area contributed by atoms with Crippen molar-refractivity contribution in [2.45, 2.75) is 57.7 Å². The third kappa shape index (κ3) is 2.83. The van der Waals surface area contributed by atoms with Crippen LogP contribution in [-0.2, 0) is 16.5 Å². The van der Waals surface area contributed by atoms with Gasteiger partial charge in [0.1, 0.15) is 11.8 Å². The summed E-state index contributed by atoms with van der Waals surface area (Å²) in [4.78, 5) is 23.8. The van der Waals surface area contributed by atoms with E-state index in [4.69, 9.17) is 15.2 Å². The number of primary amides is 1. The fraction of sp³-hybridized carbons (Fsp3) is 0.667. The Balaban J connectivity index is 1.73. The highest BCUT2D eigenvalue weighted by Gasteiger charge is 2.57. The van der Waals surface area contributed by atoms with E-state index in [-0.39, 0.29) is 17.6 Å². The second kappa shape index (κ2) is 6.59. The van der Waals surface area contributed by atoms with Crippen LogP contribution in [-0.4, -0.2) is 35.3 Å². The van der Waals surface area contributed by atoms with Crippen LogP contribution in [0.3, 0.4) is 0 Å². The summed E-state index contributed by atoms with van der Waals surface area (Å²) in [6.45, 7) is 2.69. The molecule has 1 spiro atoms. The molecule has 1 heterocycles. The molecule has 3 rings (SSSR count). The number of aromatic nitrogens is 1. The zero-order chi connectivity index (χ0) is 17.3. The third-order valence-corrected chi connectivity index (χ3v) is 5.61. The molecular weight excluding hydrogens is 308 g/mol. The number of nitrogens with two attached hydrogens (primary N) is 1. The molecular formula is C18H26N2O4. The van der Waals surface area contributed by atoms with Gasteiger partial charge in [0.2, 0.25) is 5.91 Å². The average molecular weight is 334 g/mol. The number of aryl methyl sites for hydroxylation is 1. The minimum Gasteiger partial charge on any atom is -0.457 e. The van der Waals surface area contributed by atoms with Gasteiger partial charge in [-0.15, -0.1) is 0 Å². The van der Waals surface area contributed by atoms with Gasteiger partial charge >= 0.3 is 5.97 Å². The van der Waals surface area contributed by atoms with Crippen LogP contribution in [0.5, 0.6) is 0 Å². The van der Waals surface area contributed by atoms with Crippen LogP contribution < -0.4 is 5.73 Å². The molecule has 2 aliphatic carbocycles. The molecule has 2 saturated carbocycles. The van der Waals surface area contributed by atoms with Crippen molar-refractivity contribution >= 4 is 11.9 Å². The van der Waals surface area contributed by atoms with Crippen LogP contribution in [0.25, 0.3) is 0 Å². The molecule has 0 radical (unpaired) electrons. The lowest BCUT2D eigenvalue weighted by Gasteiger charge is -2.56. The van der Waals surface area contributed by atoms with Crippen molar-refractivity contribution in [2.24, 2.45) is 18.2 Å². The Hall–Kier alpha value is -1.82. The van der Waals surface area contributed by atoms with Crippen LogP contribution in [0.1, 0.15) is 66.3 Å². The molecule has 1 aromatic heterocycles. The summed E-state index contributed by atoms with van der Waals surface area (Å²) in [6.07, 6.45) is 8.06. The van der Waals surface area contributed by atoms with Crippen molar-refractivity contribution in [1.29, 1.82) is 0 Å². The predicted octanol–water partition coefficient (Wildman–Crippen LogP) is 2.41. The Morgan fingerprint density at radius 1 is 1.29 bits per heavy atom. The van der Waals surface area contributed by atoms with Crippen LogP contribution in [0, 0.1) is 5.41 Å². The molecule has 24 heavy (non-hydrogen) atoms. The standard InChI is InChI=1S/C18H26N2O4/c1-3-23-14-10-15(18(14)7-5-4-6-8-18)24-17(22)13-9-12(16(19)21)11-20(13)2/h9,11,14-15H,3-8,10H2,1-2H3,(H2,19,21)/t14-,15-/m1/s1. The molecule has 6 nitrogen and oxygen atoms in total. The smallest absolute Gasteiger partial charge is 0.355 e. The Morgan fingerprint density at radius 3 is 2.58 bits per heavy atom. The van der Waals surface area contributed by atoms with E-state index in [1.807, 2.05) is 6.92 Å². The molecule has 2 aliphatic rings. The van der Waals surface area contributed by atoms with Gasteiger partial charge in [-0.2, -0.15) is 0 Å². The van der Waals surface area contributed by atoms with Gasteiger partial charge in [-0.3, -0.25) is 4.79 Å². The van der Waals surface area contributed by atoms with Crippen LogP contribution in [0.4, 0.5) is 0 Å². The minimum atomic E-state index is -0.548. The monoisotopic (exact) mass is 334 g/mol. The molecule has 2 atom stereocenters. The highest BCUT2D eigenvalue weighted by atomic mass is 16.6. The highest BCUT2D eigenvalue weighted by Crippen LogP contribution is 2.54. The zero-order valence-corrected chi connectivity index (χ0v) is 14.4. The molecule has 6 heteroatoms. The third-order valence-electron chi connectivity index (χ3n) is 5.61. The number of esters is 1. The van der Waals surface area contributed by atoms with Crippen LogP contribution in [0.15, 0.2) is 12.3 Å². The van der Waals surface area contributed by atoms with Crippen molar-refractivity contribution in [2.75, 3.05) is 6.61 Å².